The molecule has 0 atom stereocenters. The van der Waals surface area contributed by atoms with E-state index < -0.39 is 0 Å². The highest BCUT2D eigenvalue weighted by Crippen LogP contribution is 2.37. The number of nitrogens with zero attached hydrogens (tertiary/aromatic N) is 3. The third-order valence-corrected chi connectivity index (χ3v) is 4.84. The number of halogens is 1. The summed E-state index contributed by atoms with van der Waals surface area (Å²) in [6.45, 7) is 8.98. The predicted molar refractivity (Wildman–Crippen MR) is 77.3 cm³/mol. The minimum atomic E-state index is 0.519. The first kappa shape index (κ1) is 13.7. The van der Waals surface area contributed by atoms with Gasteiger partial charge >= 0.3 is 0 Å². The van der Waals surface area contributed by atoms with E-state index in [4.69, 9.17) is 11.6 Å². The largest absolute Gasteiger partial charge is 0.357 e. The number of aromatic nitrogens is 2. The summed E-state index contributed by atoms with van der Waals surface area (Å²) in [5.41, 5.74) is 2.77. The van der Waals surface area contributed by atoms with Gasteiger partial charge in [0, 0.05) is 25.7 Å². The van der Waals surface area contributed by atoms with E-state index in [2.05, 4.69) is 23.8 Å². The van der Waals surface area contributed by atoms with Crippen molar-refractivity contribution in [2.45, 2.75) is 45.9 Å². The van der Waals surface area contributed by atoms with Crippen LogP contribution in [-0.4, -0.2) is 22.9 Å². The van der Waals surface area contributed by atoms with Crippen LogP contribution in [0.1, 0.15) is 44.4 Å². The van der Waals surface area contributed by atoms with Crippen molar-refractivity contribution < 1.29 is 0 Å². The number of aryl methyl sites for hydroxylation is 2. The number of alkyl halides is 1. The molecule has 0 aromatic carbocycles. The molecule has 2 heterocycles. The molecule has 2 rings (SSSR count). The summed E-state index contributed by atoms with van der Waals surface area (Å²) in [7, 11) is 2.02. The van der Waals surface area contributed by atoms with E-state index in [0.29, 0.717) is 11.3 Å². The van der Waals surface area contributed by atoms with Gasteiger partial charge in [-0.05, 0) is 25.2 Å². The number of hydrogen-bond acceptors (Lipinski definition) is 2. The predicted octanol–water partition coefficient (Wildman–Crippen LogP) is 3.48. The van der Waals surface area contributed by atoms with Gasteiger partial charge in [0.05, 0.1) is 11.6 Å². The van der Waals surface area contributed by atoms with Crippen LogP contribution >= 0.6 is 11.6 Å². The van der Waals surface area contributed by atoms with Crippen molar-refractivity contribution in [1.29, 1.82) is 0 Å². The smallest absolute Gasteiger partial charge is 0.131 e. The molecule has 18 heavy (non-hydrogen) atoms. The molecule has 1 fully saturated rings. The molecule has 0 saturated carbocycles. The molecule has 0 amide bonds. The molecule has 102 valence electrons. The van der Waals surface area contributed by atoms with Gasteiger partial charge in [-0.2, -0.15) is 5.10 Å². The van der Waals surface area contributed by atoms with Crippen LogP contribution in [0.5, 0.6) is 0 Å². The van der Waals surface area contributed by atoms with Gasteiger partial charge in [-0.1, -0.05) is 20.3 Å². The van der Waals surface area contributed by atoms with Crippen molar-refractivity contribution >= 4 is 17.4 Å². The normalized spacial score (nSPS) is 19.3. The maximum Gasteiger partial charge on any atom is 0.131 e. The van der Waals surface area contributed by atoms with Crippen LogP contribution in [0.2, 0.25) is 0 Å². The van der Waals surface area contributed by atoms with Crippen molar-refractivity contribution in [3.63, 3.8) is 0 Å². The first-order valence-electron chi connectivity index (χ1n) is 6.84. The molecule has 3 nitrogen and oxygen atoms in total. The first-order chi connectivity index (χ1) is 8.50. The molecule has 1 aromatic rings. The van der Waals surface area contributed by atoms with Crippen LogP contribution in [0.3, 0.4) is 0 Å². The lowest BCUT2D eigenvalue weighted by Gasteiger charge is -2.40. The van der Waals surface area contributed by atoms with Gasteiger partial charge in [-0.3, -0.25) is 4.68 Å². The highest BCUT2D eigenvalue weighted by molar-refractivity contribution is 6.17. The molecular formula is C14H24ClN3. The lowest BCUT2D eigenvalue weighted by atomic mass is 9.78. The molecule has 0 unspecified atom stereocenters. The zero-order valence-corrected chi connectivity index (χ0v) is 12.7. The average Bonchev–Trinajstić information content (AvgIpc) is 2.65. The maximum atomic E-state index is 6.07. The fraction of sp³-hybridized carbons (Fsp3) is 0.786. The Bertz CT molecular complexity index is 417. The summed E-state index contributed by atoms with van der Waals surface area (Å²) in [5, 5.41) is 4.50. The Hall–Kier alpha value is -0.700. The van der Waals surface area contributed by atoms with Gasteiger partial charge in [0.1, 0.15) is 5.82 Å². The van der Waals surface area contributed by atoms with E-state index in [0.717, 1.165) is 18.8 Å². The monoisotopic (exact) mass is 269 g/mol. The number of rotatable bonds is 3. The molecule has 0 radical (unpaired) electrons. The summed E-state index contributed by atoms with van der Waals surface area (Å²) < 4.78 is 1.99. The van der Waals surface area contributed by atoms with Crippen LogP contribution < -0.4 is 4.90 Å². The second-order valence-corrected chi connectivity index (χ2v) is 6.06. The van der Waals surface area contributed by atoms with E-state index in [-0.39, 0.29) is 0 Å². The van der Waals surface area contributed by atoms with Crippen LogP contribution in [0.25, 0.3) is 0 Å². The standard InChI is InChI=1S/C14H24ClN3/c1-5-14(3)6-8-18(9-7-14)13-12(10-15)11(2)16-17(13)4/h5-10H2,1-4H3. The lowest BCUT2D eigenvalue weighted by molar-refractivity contribution is 0.237. The van der Waals surface area contributed by atoms with E-state index in [1.54, 1.807) is 0 Å². The quantitative estimate of drug-likeness (QED) is 0.784. The van der Waals surface area contributed by atoms with E-state index in [9.17, 15) is 0 Å². The molecule has 0 aliphatic carbocycles. The molecule has 0 spiro atoms. The van der Waals surface area contributed by atoms with Crippen molar-refractivity contribution in [2.24, 2.45) is 12.5 Å². The van der Waals surface area contributed by atoms with Crippen LogP contribution in [0.4, 0.5) is 5.82 Å². The van der Waals surface area contributed by atoms with Crippen molar-refractivity contribution in [1.82, 2.24) is 9.78 Å². The highest BCUT2D eigenvalue weighted by Gasteiger charge is 2.30. The zero-order chi connectivity index (χ0) is 13.3. The van der Waals surface area contributed by atoms with Gasteiger partial charge in [-0.25, -0.2) is 0 Å². The van der Waals surface area contributed by atoms with Gasteiger partial charge in [0.25, 0.3) is 0 Å². The van der Waals surface area contributed by atoms with Crippen LogP contribution in [0, 0.1) is 12.3 Å². The molecule has 0 bridgehead atoms. The number of anilines is 1. The Morgan fingerprint density at radius 1 is 1.33 bits per heavy atom. The van der Waals surface area contributed by atoms with Crippen molar-refractivity contribution in [2.75, 3.05) is 18.0 Å². The number of hydrogen-bond donors (Lipinski definition) is 0. The van der Waals surface area contributed by atoms with Gasteiger partial charge in [0.15, 0.2) is 0 Å². The van der Waals surface area contributed by atoms with Gasteiger partial charge in [0.2, 0.25) is 0 Å². The summed E-state index contributed by atoms with van der Waals surface area (Å²) in [6.07, 6.45) is 3.79. The highest BCUT2D eigenvalue weighted by atomic mass is 35.5. The summed E-state index contributed by atoms with van der Waals surface area (Å²) in [4.78, 5) is 2.45. The molecule has 1 saturated heterocycles. The van der Waals surface area contributed by atoms with E-state index >= 15 is 0 Å². The Kier molecular flexibility index (Phi) is 3.90. The molecule has 4 heteroatoms. The molecule has 1 aliphatic rings. The summed E-state index contributed by atoms with van der Waals surface area (Å²) >= 11 is 6.07. The topological polar surface area (TPSA) is 21.1 Å². The minimum absolute atomic E-state index is 0.519. The van der Waals surface area contributed by atoms with Gasteiger partial charge < -0.3 is 4.90 Å². The second kappa shape index (κ2) is 5.12. The molecule has 1 aliphatic heterocycles. The SMILES string of the molecule is CCC1(C)CCN(c2c(CCl)c(C)nn2C)CC1. The first-order valence-corrected chi connectivity index (χ1v) is 7.37. The Morgan fingerprint density at radius 3 is 2.44 bits per heavy atom. The molecule has 0 N–H and O–H groups in total. The summed E-state index contributed by atoms with van der Waals surface area (Å²) in [5.74, 6) is 1.77. The average molecular weight is 270 g/mol. The van der Waals surface area contributed by atoms with Crippen LogP contribution in [0.15, 0.2) is 0 Å². The fourth-order valence-electron chi connectivity index (χ4n) is 2.85. The fourth-order valence-corrected chi connectivity index (χ4v) is 3.17. The third-order valence-electron chi connectivity index (χ3n) is 4.57. The van der Waals surface area contributed by atoms with E-state index in [1.165, 1.54) is 30.6 Å². The van der Waals surface area contributed by atoms with Crippen molar-refractivity contribution in [3.8, 4) is 0 Å². The Labute approximate surface area is 115 Å². The third kappa shape index (κ3) is 2.37. The number of piperidine rings is 1. The van der Waals surface area contributed by atoms with E-state index in [1.807, 2.05) is 18.7 Å². The second-order valence-electron chi connectivity index (χ2n) is 5.80. The molecule has 1 aromatic heterocycles. The Balaban J connectivity index is 2.19. The van der Waals surface area contributed by atoms with Crippen molar-refractivity contribution in [3.05, 3.63) is 11.3 Å². The lowest BCUT2D eigenvalue weighted by Crippen LogP contribution is -2.39. The van der Waals surface area contributed by atoms with Crippen LogP contribution in [-0.2, 0) is 12.9 Å². The zero-order valence-electron chi connectivity index (χ0n) is 12.0. The summed E-state index contributed by atoms with van der Waals surface area (Å²) in [6, 6.07) is 0. The maximum absolute atomic E-state index is 6.07. The minimum Gasteiger partial charge on any atom is -0.357 e. The van der Waals surface area contributed by atoms with Gasteiger partial charge in [-0.15, -0.1) is 11.6 Å². The Morgan fingerprint density at radius 2 is 1.94 bits per heavy atom. The molecular weight excluding hydrogens is 246 g/mol.